The lowest BCUT2D eigenvalue weighted by molar-refractivity contribution is -0.113. The lowest BCUT2D eigenvalue weighted by atomic mass is 9.75. The number of hydrogen-bond donors (Lipinski definition) is 0. The zero-order valence-electron chi connectivity index (χ0n) is 14.7. The van der Waals surface area contributed by atoms with E-state index in [-0.39, 0.29) is 5.91 Å². The number of benzene rings is 1. The third kappa shape index (κ3) is 2.84. The largest absolute Gasteiger partial charge is 0.495 e. The second-order valence-electron chi connectivity index (χ2n) is 7.68. The molecule has 2 aliphatic rings. The number of amides is 1. The van der Waals surface area contributed by atoms with Gasteiger partial charge < -0.3 is 14.2 Å². The van der Waals surface area contributed by atoms with Crippen LogP contribution in [0.15, 0.2) is 18.2 Å². The molecule has 130 valence electrons. The van der Waals surface area contributed by atoms with Gasteiger partial charge in [-0.15, -0.1) is 0 Å². The van der Waals surface area contributed by atoms with Gasteiger partial charge in [-0.2, -0.15) is 0 Å². The lowest BCUT2D eigenvalue weighted by Crippen LogP contribution is -2.58. The summed E-state index contributed by atoms with van der Waals surface area (Å²) in [5.74, 6) is -3.13. The predicted molar refractivity (Wildman–Crippen MR) is 87.7 cm³/mol. The highest BCUT2D eigenvalue weighted by molar-refractivity contribution is 6.62. The minimum absolute atomic E-state index is 0.371. The Bertz CT molecular complexity index is 666. The van der Waals surface area contributed by atoms with Crippen molar-refractivity contribution in [2.45, 2.75) is 51.7 Å². The molecule has 0 aliphatic carbocycles. The molecule has 2 saturated heterocycles. The van der Waals surface area contributed by atoms with Crippen molar-refractivity contribution in [3.8, 4) is 0 Å². The molecule has 24 heavy (non-hydrogen) atoms. The topological polar surface area (TPSA) is 38.8 Å². The van der Waals surface area contributed by atoms with E-state index in [1.807, 2.05) is 34.6 Å². The van der Waals surface area contributed by atoms with Gasteiger partial charge in [-0.3, -0.25) is 4.79 Å². The maximum Gasteiger partial charge on any atom is 0.495 e. The van der Waals surface area contributed by atoms with Crippen molar-refractivity contribution in [3.63, 3.8) is 0 Å². The molecule has 2 aliphatic heterocycles. The maximum absolute atomic E-state index is 12.9. The predicted octanol–water partition coefficient (Wildman–Crippen LogP) is 2.39. The van der Waals surface area contributed by atoms with E-state index in [4.69, 9.17) is 9.31 Å². The molecular weight excluding hydrogens is 315 g/mol. The van der Waals surface area contributed by atoms with Gasteiger partial charge in [-0.05, 0) is 52.2 Å². The highest BCUT2D eigenvalue weighted by Crippen LogP contribution is 2.36. The van der Waals surface area contributed by atoms with E-state index in [1.54, 1.807) is 18.2 Å². The zero-order valence-corrected chi connectivity index (χ0v) is 14.7. The van der Waals surface area contributed by atoms with Crippen LogP contribution in [0.25, 0.3) is 0 Å². The van der Waals surface area contributed by atoms with E-state index in [1.165, 1.54) is 0 Å². The van der Waals surface area contributed by atoms with Crippen molar-refractivity contribution in [1.82, 2.24) is 4.90 Å². The third-order valence-electron chi connectivity index (χ3n) is 5.16. The molecule has 0 N–H and O–H groups in total. The highest BCUT2D eigenvalue weighted by atomic mass is 19.3. The molecule has 2 fully saturated rings. The van der Waals surface area contributed by atoms with E-state index in [2.05, 4.69) is 0 Å². The number of halogens is 2. The summed E-state index contributed by atoms with van der Waals surface area (Å²) < 4.78 is 37.9. The molecule has 0 unspecified atom stereocenters. The van der Waals surface area contributed by atoms with E-state index in [0.29, 0.717) is 5.56 Å². The summed E-state index contributed by atoms with van der Waals surface area (Å²) in [5, 5.41) is 0. The molecule has 0 spiro atoms. The van der Waals surface area contributed by atoms with Crippen LogP contribution >= 0.6 is 0 Å². The number of hydrogen-bond acceptors (Lipinski definition) is 3. The molecule has 0 aromatic heterocycles. The summed E-state index contributed by atoms with van der Waals surface area (Å²) in [7, 11) is -0.507. The van der Waals surface area contributed by atoms with Crippen LogP contribution < -0.4 is 5.46 Å². The molecule has 0 atom stereocenters. The van der Waals surface area contributed by atoms with Crippen LogP contribution in [-0.2, 0) is 9.31 Å². The maximum atomic E-state index is 12.9. The van der Waals surface area contributed by atoms with Gasteiger partial charge in [-0.1, -0.05) is 11.6 Å². The van der Waals surface area contributed by atoms with E-state index in [9.17, 15) is 13.6 Å². The Labute approximate surface area is 141 Å². The molecule has 4 nitrogen and oxygen atoms in total. The fourth-order valence-electron chi connectivity index (χ4n) is 2.88. The van der Waals surface area contributed by atoms with Crippen molar-refractivity contribution in [1.29, 1.82) is 0 Å². The van der Waals surface area contributed by atoms with Crippen LogP contribution in [0.3, 0.4) is 0 Å². The molecule has 3 rings (SSSR count). The van der Waals surface area contributed by atoms with Gasteiger partial charge in [0.2, 0.25) is 0 Å². The fraction of sp³-hybridized carbons (Fsp3) is 0.588. The van der Waals surface area contributed by atoms with Gasteiger partial charge in [0.25, 0.3) is 11.8 Å². The highest BCUT2D eigenvalue weighted by Gasteiger charge is 2.52. The first kappa shape index (κ1) is 17.4. The molecule has 1 amide bonds. The number of nitrogens with zero attached hydrogens (tertiary/aromatic N) is 1. The van der Waals surface area contributed by atoms with Crippen LogP contribution in [0.4, 0.5) is 8.78 Å². The quantitative estimate of drug-likeness (QED) is 0.778. The summed E-state index contributed by atoms with van der Waals surface area (Å²) in [4.78, 5) is 13.4. The Morgan fingerprint density at radius 2 is 1.67 bits per heavy atom. The van der Waals surface area contributed by atoms with Crippen LogP contribution in [0.1, 0.15) is 43.6 Å². The van der Waals surface area contributed by atoms with Crippen molar-refractivity contribution in [3.05, 3.63) is 29.3 Å². The zero-order chi connectivity index (χ0) is 17.9. The first-order valence-electron chi connectivity index (χ1n) is 8.05. The minimum atomic E-state index is -2.76. The van der Waals surface area contributed by atoms with Crippen molar-refractivity contribution in [2.75, 3.05) is 13.1 Å². The molecule has 1 aromatic rings. The minimum Gasteiger partial charge on any atom is -0.399 e. The van der Waals surface area contributed by atoms with Crippen molar-refractivity contribution in [2.24, 2.45) is 0 Å². The van der Waals surface area contributed by atoms with E-state index < -0.39 is 37.3 Å². The Kier molecular flexibility index (Phi) is 3.81. The van der Waals surface area contributed by atoms with Crippen molar-refractivity contribution < 1.29 is 22.9 Å². The van der Waals surface area contributed by atoms with Crippen LogP contribution in [0, 0.1) is 6.92 Å². The Morgan fingerprint density at radius 1 is 1.12 bits per heavy atom. The van der Waals surface area contributed by atoms with Gasteiger partial charge in [0.05, 0.1) is 24.3 Å². The third-order valence-corrected chi connectivity index (χ3v) is 5.16. The smallest absolute Gasteiger partial charge is 0.399 e. The number of carbonyl (C=O) groups is 1. The number of alkyl halides is 2. The Hall–Kier alpha value is -1.47. The Balaban J connectivity index is 1.78. The summed E-state index contributed by atoms with van der Waals surface area (Å²) in [5.41, 5.74) is 1.21. The van der Waals surface area contributed by atoms with Gasteiger partial charge in [0.15, 0.2) is 0 Å². The van der Waals surface area contributed by atoms with E-state index >= 15 is 0 Å². The molecule has 0 bridgehead atoms. The van der Waals surface area contributed by atoms with E-state index in [0.717, 1.165) is 15.9 Å². The summed E-state index contributed by atoms with van der Waals surface area (Å²) in [6, 6.07) is 5.13. The summed E-state index contributed by atoms with van der Waals surface area (Å²) in [6.45, 7) is 8.75. The average Bonchev–Trinajstić information content (AvgIpc) is 2.63. The SMILES string of the molecule is Cc1cc(C(=O)N2CC(F)(F)C2)ccc1B1OC(C)(C)C(C)(C)O1. The summed E-state index contributed by atoms with van der Waals surface area (Å²) >= 11 is 0. The second-order valence-corrected chi connectivity index (χ2v) is 7.68. The number of rotatable bonds is 2. The van der Waals surface area contributed by atoms with Gasteiger partial charge in [0, 0.05) is 5.56 Å². The monoisotopic (exact) mass is 337 g/mol. The number of carbonyl (C=O) groups excluding carboxylic acids is 1. The summed E-state index contributed by atoms with van der Waals surface area (Å²) in [6.07, 6.45) is 0. The average molecular weight is 337 g/mol. The van der Waals surface area contributed by atoms with Crippen LogP contribution in [-0.4, -0.2) is 48.1 Å². The molecule has 2 heterocycles. The van der Waals surface area contributed by atoms with Gasteiger partial charge in [0.1, 0.15) is 0 Å². The molecule has 0 saturated carbocycles. The van der Waals surface area contributed by atoms with Gasteiger partial charge in [-0.25, -0.2) is 8.78 Å². The molecule has 0 radical (unpaired) electrons. The number of likely N-dealkylation sites (tertiary alicyclic amines) is 1. The van der Waals surface area contributed by atoms with Crippen LogP contribution in [0.5, 0.6) is 0 Å². The lowest BCUT2D eigenvalue weighted by Gasteiger charge is -2.38. The Morgan fingerprint density at radius 3 is 2.12 bits per heavy atom. The molecule has 1 aromatic carbocycles. The molecular formula is C17H22BF2NO3. The number of aryl methyl sites for hydroxylation is 1. The van der Waals surface area contributed by atoms with Gasteiger partial charge >= 0.3 is 7.12 Å². The standard InChI is InChI=1S/C17H22BF2NO3/c1-11-8-12(14(22)21-9-17(19,20)10-21)6-7-13(11)18-23-15(2,3)16(4,5)24-18/h6-8H,9-10H2,1-5H3. The fourth-order valence-corrected chi connectivity index (χ4v) is 2.88. The normalized spacial score (nSPS) is 24.0. The first-order valence-corrected chi connectivity index (χ1v) is 8.05. The van der Waals surface area contributed by atoms with Crippen LogP contribution in [0.2, 0.25) is 0 Å². The molecule has 7 heteroatoms. The van der Waals surface area contributed by atoms with Crippen molar-refractivity contribution >= 4 is 18.5 Å². The second kappa shape index (κ2) is 5.26. The first-order chi connectivity index (χ1) is 10.9.